The van der Waals surface area contributed by atoms with E-state index >= 15 is 0 Å². The molecule has 0 N–H and O–H groups in total. The molecule has 20 heavy (non-hydrogen) atoms. The molecular weight excluding hydrogens is 274 g/mol. The van der Waals surface area contributed by atoms with E-state index in [9.17, 15) is 4.79 Å². The number of rotatable bonds is 6. The van der Waals surface area contributed by atoms with Crippen LogP contribution in [0.1, 0.15) is 18.4 Å². The second-order valence-corrected chi connectivity index (χ2v) is 5.49. The molecule has 108 valence electrons. The SMILES string of the molecule is CCn1ccnc1SCC(=O)N(C)Cc1ccc(C)o1. The van der Waals surface area contributed by atoms with Crippen molar-refractivity contribution in [2.45, 2.75) is 32.1 Å². The van der Waals surface area contributed by atoms with Crippen molar-refractivity contribution in [2.75, 3.05) is 12.8 Å². The molecule has 0 saturated heterocycles. The zero-order valence-corrected chi connectivity index (χ0v) is 12.8. The van der Waals surface area contributed by atoms with Crippen LogP contribution in [0.2, 0.25) is 0 Å². The molecule has 0 fully saturated rings. The van der Waals surface area contributed by atoms with Crippen molar-refractivity contribution >= 4 is 17.7 Å². The predicted molar refractivity (Wildman–Crippen MR) is 78.5 cm³/mol. The average Bonchev–Trinajstić information content (AvgIpc) is 3.04. The van der Waals surface area contributed by atoms with Gasteiger partial charge in [-0.2, -0.15) is 0 Å². The number of imidazole rings is 1. The molecule has 0 atom stereocenters. The molecule has 2 heterocycles. The Labute approximate surface area is 123 Å². The third kappa shape index (κ3) is 3.66. The summed E-state index contributed by atoms with van der Waals surface area (Å²) in [6.45, 7) is 5.30. The lowest BCUT2D eigenvalue weighted by molar-refractivity contribution is -0.127. The molecule has 0 aliphatic heterocycles. The minimum Gasteiger partial charge on any atom is -0.464 e. The molecule has 0 aromatic carbocycles. The van der Waals surface area contributed by atoms with Crippen LogP contribution >= 0.6 is 11.8 Å². The highest BCUT2D eigenvalue weighted by Gasteiger charge is 2.13. The number of hydrogen-bond donors (Lipinski definition) is 0. The molecule has 2 aromatic heterocycles. The molecule has 2 aromatic rings. The van der Waals surface area contributed by atoms with Gasteiger partial charge in [0.2, 0.25) is 5.91 Å². The maximum Gasteiger partial charge on any atom is 0.233 e. The second kappa shape index (κ2) is 6.65. The number of furan rings is 1. The Morgan fingerprint density at radius 2 is 2.30 bits per heavy atom. The van der Waals surface area contributed by atoms with Gasteiger partial charge < -0.3 is 13.9 Å². The van der Waals surface area contributed by atoms with Gasteiger partial charge in [-0.05, 0) is 26.0 Å². The Hall–Kier alpha value is -1.69. The van der Waals surface area contributed by atoms with E-state index in [0.717, 1.165) is 23.2 Å². The van der Waals surface area contributed by atoms with E-state index < -0.39 is 0 Å². The molecule has 5 nitrogen and oxygen atoms in total. The van der Waals surface area contributed by atoms with E-state index in [1.165, 1.54) is 11.8 Å². The molecule has 0 spiro atoms. The number of nitrogens with zero attached hydrogens (tertiary/aromatic N) is 3. The maximum absolute atomic E-state index is 12.1. The fraction of sp³-hybridized carbons (Fsp3) is 0.429. The summed E-state index contributed by atoms with van der Waals surface area (Å²) in [7, 11) is 1.78. The largest absolute Gasteiger partial charge is 0.464 e. The number of aryl methyl sites for hydroxylation is 2. The maximum atomic E-state index is 12.1. The summed E-state index contributed by atoms with van der Waals surface area (Å²) in [4.78, 5) is 18.0. The molecule has 0 aliphatic rings. The van der Waals surface area contributed by atoms with Gasteiger partial charge in [0.05, 0.1) is 12.3 Å². The third-order valence-corrected chi connectivity index (χ3v) is 3.95. The Bertz CT molecular complexity index is 576. The first-order valence-corrected chi connectivity index (χ1v) is 7.52. The summed E-state index contributed by atoms with van der Waals surface area (Å²) in [6, 6.07) is 3.80. The Morgan fingerprint density at radius 1 is 1.50 bits per heavy atom. The van der Waals surface area contributed by atoms with Crippen molar-refractivity contribution in [3.05, 3.63) is 36.0 Å². The van der Waals surface area contributed by atoms with Crippen molar-refractivity contribution in [3.8, 4) is 0 Å². The van der Waals surface area contributed by atoms with Gasteiger partial charge >= 0.3 is 0 Å². The Balaban J connectivity index is 1.85. The fourth-order valence-corrected chi connectivity index (χ4v) is 2.77. The number of carbonyl (C=O) groups is 1. The van der Waals surface area contributed by atoms with E-state index in [1.807, 2.05) is 29.8 Å². The lowest BCUT2D eigenvalue weighted by Gasteiger charge is -2.15. The van der Waals surface area contributed by atoms with Crippen LogP contribution in [-0.4, -0.2) is 33.2 Å². The van der Waals surface area contributed by atoms with E-state index in [-0.39, 0.29) is 5.91 Å². The first-order chi connectivity index (χ1) is 9.60. The summed E-state index contributed by atoms with van der Waals surface area (Å²) in [5.41, 5.74) is 0. The summed E-state index contributed by atoms with van der Waals surface area (Å²) in [5, 5.41) is 0.878. The second-order valence-electron chi connectivity index (χ2n) is 4.55. The first kappa shape index (κ1) is 14.7. The highest BCUT2D eigenvalue weighted by atomic mass is 32.2. The number of aromatic nitrogens is 2. The Kier molecular flexibility index (Phi) is 4.89. The van der Waals surface area contributed by atoms with Crippen LogP contribution in [-0.2, 0) is 17.9 Å². The molecule has 6 heteroatoms. The van der Waals surface area contributed by atoms with Gasteiger partial charge in [-0.1, -0.05) is 11.8 Å². The molecule has 0 unspecified atom stereocenters. The summed E-state index contributed by atoms with van der Waals surface area (Å²) < 4.78 is 7.50. The number of thioether (sulfide) groups is 1. The monoisotopic (exact) mass is 293 g/mol. The van der Waals surface area contributed by atoms with Crippen molar-refractivity contribution in [2.24, 2.45) is 0 Å². The van der Waals surface area contributed by atoms with Crippen molar-refractivity contribution < 1.29 is 9.21 Å². The van der Waals surface area contributed by atoms with Gasteiger partial charge in [-0.25, -0.2) is 4.98 Å². The van der Waals surface area contributed by atoms with Crippen LogP contribution in [0.3, 0.4) is 0 Å². The minimum absolute atomic E-state index is 0.0645. The number of amides is 1. The third-order valence-electron chi connectivity index (χ3n) is 2.96. The van der Waals surface area contributed by atoms with Gasteiger partial charge in [0.1, 0.15) is 11.5 Å². The highest BCUT2D eigenvalue weighted by molar-refractivity contribution is 7.99. The first-order valence-electron chi connectivity index (χ1n) is 6.53. The standard InChI is InChI=1S/C14H19N3O2S/c1-4-17-8-7-15-14(17)20-10-13(18)16(3)9-12-6-5-11(2)19-12/h5-8H,4,9-10H2,1-3H3. The average molecular weight is 293 g/mol. The van der Waals surface area contributed by atoms with Gasteiger partial charge in [-0.3, -0.25) is 4.79 Å². The van der Waals surface area contributed by atoms with Crippen molar-refractivity contribution in [1.82, 2.24) is 14.5 Å². The van der Waals surface area contributed by atoms with Crippen LogP contribution in [0.5, 0.6) is 0 Å². The van der Waals surface area contributed by atoms with Gasteiger partial charge in [0, 0.05) is 26.0 Å². The smallest absolute Gasteiger partial charge is 0.233 e. The van der Waals surface area contributed by atoms with Crippen LogP contribution in [0.15, 0.2) is 34.1 Å². The molecule has 0 radical (unpaired) electrons. The molecule has 0 aliphatic carbocycles. The molecule has 1 amide bonds. The zero-order chi connectivity index (χ0) is 14.5. The minimum atomic E-state index is 0.0645. The fourth-order valence-electron chi connectivity index (χ4n) is 1.80. The van der Waals surface area contributed by atoms with E-state index in [4.69, 9.17) is 4.42 Å². The summed E-state index contributed by atoms with van der Waals surface area (Å²) >= 11 is 1.46. The quantitative estimate of drug-likeness (QED) is 0.768. The van der Waals surface area contributed by atoms with Gasteiger partial charge in [0.25, 0.3) is 0 Å². The van der Waals surface area contributed by atoms with Crippen LogP contribution < -0.4 is 0 Å². The van der Waals surface area contributed by atoms with Crippen molar-refractivity contribution in [1.29, 1.82) is 0 Å². The predicted octanol–water partition coefficient (Wildman–Crippen LogP) is 2.56. The topological polar surface area (TPSA) is 51.3 Å². The molecule has 2 rings (SSSR count). The lowest BCUT2D eigenvalue weighted by atomic mass is 10.4. The van der Waals surface area contributed by atoms with Gasteiger partial charge in [0.15, 0.2) is 5.16 Å². The number of hydrogen-bond acceptors (Lipinski definition) is 4. The lowest BCUT2D eigenvalue weighted by Crippen LogP contribution is -2.27. The van der Waals surface area contributed by atoms with Crippen LogP contribution in [0, 0.1) is 6.92 Å². The van der Waals surface area contributed by atoms with E-state index in [1.54, 1.807) is 18.1 Å². The van der Waals surface area contributed by atoms with Crippen LogP contribution in [0.4, 0.5) is 0 Å². The van der Waals surface area contributed by atoms with E-state index in [0.29, 0.717) is 12.3 Å². The summed E-state index contributed by atoms with van der Waals surface area (Å²) in [6.07, 6.45) is 3.67. The molecular formula is C14H19N3O2S. The van der Waals surface area contributed by atoms with Gasteiger partial charge in [-0.15, -0.1) is 0 Å². The Morgan fingerprint density at radius 3 is 2.95 bits per heavy atom. The highest BCUT2D eigenvalue weighted by Crippen LogP contribution is 2.17. The zero-order valence-electron chi connectivity index (χ0n) is 12.0. The molecule has 0 bridgehead atoms. The summed E-state index contributed by atoms with van der Waals surface area (Å²) in [5.74, 6) is 2.11. The van der Waals surface area contributed by atoms with Crippen LogP contribution in [0.25, 0.3) is 0 Å². The molecule has 0 saturated carbocycles. The van der Waals surface area contributed by atoms with E-state index in [2.05, 4.69) is 11.9 Å². The number of carbonyl (C=O) groups excluding carboxylic acids is 1. The van der Waals surface area contributed by atoms with Crippen molar-refractivity contribution in [3.63, 3.8) is 0 Å². The normalized spacial score (nSPS) is 10.8.